The van der Waals surface area contributed by atoms with Gasteiger partial charge in [-0.1, -0.05) is 0 Å². The second kappa shape index (κ2) is 9.12. The van der Waals surface area contributed by atoms with Gasteiger partial charge < -0.3 is 9.47 Å². The first kappa shape index (κ1) is 21.1. The number of benzene rings is 1. The van der Waals surface area contributed by atoms with Crippen LogP contribution in [0.15, 0.2) is 35.2 Å². The summed E-state index contributed by atoms with van der Waals surface area (Å²) in [6, 6.07) is 7.42. The van der Waals surface area contributed by atoms with E-state index in [0.29, 0.717) is 11.3 Å². The molecule has 0 amide bonds. The van der Waals surface area contributed by atoms with E-state index >= 15 is 0 Å². The summed E-state index contributed by atoms with van der Waals surface area (Å²) in [5, 5.41) is 5.01. The molecule has 1 heterocycles. The van der Waals surface area contributed by atoms with Crippen LogP contribution < -0.4 is 9.88 Å². The molecule has 7 nitrogen and oxygen atoms in total. The predicted molar refractivity (Wildman–Crippen MR) is 102 cm³/mol. The van der Waals surface area contributed by atoms with E-state index in [2.05, 4.69) is 0 Å². The second-order valence-electron chi connectivity index (χ2n) is 5.84. The Labute approximate surface area is 162 Å². The van der Waals surface area contributed by atoms with Crippen LogP contribution in [0.2, 0.25) is 0 Å². The Kier molecular flexibility index (Phi) is 7.11. The zero-order valence-corrected chi connectivity index (χ0v) is 16.7. The number of thiophene rings is 1. The minimum Gasteiger partial charge on any atom is -0.490 e. The van der Waals surface area contributed by atoms with Crippen molar-refractivity contribution in [2.45, 2.75) is 31.6 Å². The highest BCUT2D eigenvalue weighted by atomic mass is 32.2. The summed E-state index contributed by atoms with van der Waals surface area (Å²) >= 11 is 1.55. The van der Waals surface area contributed by atoms with E-state index in [1.54, 1.807) is 11.3 Å². The van der Waals surface area contributed by atoms with Crippen LogP contribution in [0.1, 0.15) is 33.0 Å². The fraction of sp³-hybridized carbons (Fsp3) is 0.333. The third kappa shape index (κ3) is 6.46. The molecule has 0 unspecified atom stereocenters. The highest BCUT2D eigenvalue weighted by Crippen LogP contribution is 2.22. The Balaban J connectivity index is 1.69. The number of primary sulfonamides is 1. The van der Waals surface area contributed by atoms with E-state index in [1.165, 1.54) is 24.3 Å². The molecule has 1 aromatic carbocycles. The van der Waals surface area contributed by atoms with Crippen molar-refractivity contribution in [3.8, 4) is 5.75 Å². The van der Waals surface area contributed by atoms with Crippen molar-refractivity contribution in [3.63, 3.8) is 0 Å². The van der Waals surface area contributed by atoms with Crippen molar-refractivity contribution in [2.24, 2.45) is 5.14 Å². The number of aryl methyl sites for hydroxylation is 2. The van der Waals surface area contributed by atoms with Crippen molar-refractivity contribution in [2.75, 3.05) is 13.2 Å². The number of esters is 1. The molecule has 0 saturated heterocycles. The van der Waals surface area contributed by atoms with Crippen LogP contribution in [0.5, 0.6) is 5.75 Å². The molecular formula is C18H21NO6S2. The van der Waals surface area contributed by atoms with Gasteiger partial charge in [0.2, 0.25) is 10.0 Å². The SMILES string of the molecule is Cc1cc(C(=O)CCC(=O)OCCOc2ccc(S(N)(=O)=O)cc2)c(C)s1. The zero-order valence-electron chi connectivity index (χ0n) is 15.1. The molecule has 0 spiro atoms. The van der Waals surface area contributed by atoms with Gasteiger partial charge in [0.1, 0.15) is 19.0 Å². The van der Waals surface area contributed by atoms with Gasteiger partial charge in [0, 0.05) is 21.7 Å². The summed E-state index contributed by atoms with van der Waals surface area (Å²) in [6.45, 7) is 3.96. The number of carbonyl (C=O) groups is 2. The monoisotopic (exact) mass is 411 g/mol. The topological polar surface area (TPSA) is 113 Å². The molecular weight excluding hydrogens is 390 g/mol. The lowest BCUT2D eigenvalue weighted by Gasteiger charge is -2.08. The smallest absolute Gasteiger partial charge is 0.306 e. The summed E-state index contributed by atoms with van der Waals surface area (Å²) in [5.74, 6) is -0.113. The molecule has 9 heteroatoms. The molecule has 1 aromatic heterocycles. The van der Waals surface area contributed by atoms with Crippen LogP contribution in [-0.2, 0) is 19.6 Å². The highest BCUT2D eigenvalue weighted by molar-refractivity contribution is 7.89. The number of hydrogen-bond acceptors (Lipinski definition) is 7. The predicted octanol–water partition coefficient (Wildman–Crippen LogP) is 2.60. The Morgan fingerprint density at radius 3 is 2.30 bits per heavy atom. The first-order valence-corrected chi connectivity index (χ1v) is 10.5. The minimum absolute atomic E-state index is 0.0101. The summed E-state index contributed by atoms with van der Waals surface area (Å²) < 4.78 is 32.7. The average Bonchev–Trinajstić information content (AvgIpc) is 2.94. The lowest BCUT2D eigenvalue weighted by molar-refractivity contribution is -0.144. The van der Waals surface area contributed by atoms with Gasteiger partial charge in [-0.2, -0.15) is 0 Å². The van der Waals surface area contributed by atoms with Gasteiger partial charge in [-0.25, -0.2) is 13.6 Å². The van der Waals surface area contributed by atoms with Gasteiger partial charge in [-0.15, -0.1) is 11.3 Å². The molecule has 0 aliphatic rings. The summed E-state index contributed by atoms with van der Waals surface area (Å²) in [5.41, 5.74) is 0.663. The summed E-state index contributed by atoms with van der Waals surface area (Å²) in [4.78, 5) is 25.8. The summed E-state index contributed by atoms with van der Waals surface area (Å²) in [7, 11) is -3.74. The van der Waals surface area contributed by atoms with Crippen LogP contribution in [0.4, 0.5) is 0 Å². The first-order chi connectivity index (χ1) is 12.7. The molecule has 27 heavy (non-hydrogen) atoms. The van der Waals surface area contributed by atoms with Crippen LogP contribution in [0, 0.1) is 13.8 Å². The van der Waals surface area contributed by atoms with Gasteiger partial charge in [0.05, 0.1) is 11.3 Å². The molecule has 2 rings (SSSR count). The van der Waals surface area contributed by atoms with E-state index in [9.17, 15) is 18.0 Å². The third-order valence-corrected chi connectivity index (χ3v) is 5.56. The maximum atomic E-state index is 12.1. The third-order valence-electron chi connectivity index (χ3n) is 3.66. The van der Waals surface area contributed by atoms with E-state index < -0.39 is 16.0 Å². The number of Topliss-reactive ketones (excluding diaryl/α,β-unsaturated/α-hetero) is 1. The lowest BCUT2D eigenvalue weighted by Crippen LogP contribution is -2.14. The molecule has 2 aromatic rings. The molecule has 146 valence electrons. The van der Waals surface area contributed by atoms with E-state index in [0.717, 1.165) is 9.75 Å². The van der Waals surface area contributed by atoms with Crippen molar-refractivity contribution >= 4 is 33.1 Å². The molecule has 2 N–H and O–H groups in total. The van der Waals surface area contributed by atoms with Crippen molar-refractivity contribution < 1.29 is 27.5 Å². The first-order valence-electron chi connectivity index (χ1n) is 8.18. The standard InChI is InChI=1S/C18H21NO6S2/c1-12-11-16(13(2)26-12)17(20)7-8-18(21)25-10-9-24-14-3-5-15(6-4-14)27(19,22)23/h3-6,11H,7-10H2,1-2H3,(H2,19,22,23). The van der Waals surface area contributed by atoms with E-state index in [1.807, 2.05) is 19.9 Å². The zero-order chi connectivity index (χ0) is 20.0. The second-order valence-corrected chi connectivity index (χ2v) is 8.86. The van der Waals surface area contributed by atoms with Crippen LogP contribution in [0.25, 0.3) is 0 Å². The van der Waals surface area contributed by atoms with E-state index in [-0.39, 0.29) is 36.7 Å². The minimum atomic E-state index is -3.74. The van der Waals surface area contributed by atoms with Gasteiger partial charge in [0.25, 0.3) is 0 Å². The highest BCUT2D eigenvalue weighted by Gasteiger charge is 2.14. The molecule has 0 saturated carbocycles. The molecule has 0 atom stereocenters. The average molecular weight is 412 g/mol. The van der Waals surface area contributed by atoms with Gasteiger partial charge in [-0.3, -0.25) is 9.59 Å². The Morgan fingerprint density at radius 2 is 1.74 bits per heavy atom. The van der Waals surface area contributed by atoms with Crippen molar-refractivity contribution in [1.82, 2.24) is 0 Å². The van der Waals surface area contributed by atoms with Crippen LogP contribution >= 0.6 is 11.3 Å². The fourth-order valence-corrected chi connectivity index (χ4v) is 3.83. The Hall–Kier alpha value is -2.23. The maximum Gasteiger partial charge on any atom is 0.306 e. The molecule has 0 radical (unpaired) electrons. The number of nitrogens with two attached hydrogens (primary N) is 1. The molecule has 0 fully saturated rings. The maximum absolute atomic E-state index is 12.1. The van der Waals surface area contributed by atoms with E-state index in [4.69, 9.17) is 14.6 Å². The van der Waals surface area contributed by atoms with Crippen LogP contribution in [0.3, 0.4) is 0 Å². The van der Waals surface area contributed by atoms with Gasteiger partial charge in [-0.05, 0) is 44.2 Å². The Morgan fingerprint density at radius 1 is 1.07 bits per heavy atom. The van der Waals surface area contributed by atoms with Crippen molar-refractivity contribution in [1.29, 1.82) is 0 Å². The number of ketones is 1. The number of rotatable bonds is 9. The Bertz CT molecular complexity index is 916. The largest absolute Gasteiger partial charge is 0.490 e. The number of ether oxygens (including phenoxy) is 2. The van der Waals surface area contributed by atoms with Gasteiger partial charge in [0.15, 0.2) is 5.78 Å². The summed E-state index contributed by atoms with van der Waals surface area (Å²) in [6.07, 6.45) is 0.113. The number of sulfonamides is 1. The number of carbonyl (C=O) groups excluding carboxylic acids is 2. The van der Waals surface area contributed by atoms with Crippen molar-refractivity contribution in [3.05, 3.63) is 45.6 Å². The lowest BCUT2D eigenvalue weighted by atomic mass is 10.1. The fourth-order valence-electron chi connectivity index (χ4n) is 2.37. The molecule has 0 aliphatic carbocycles. The molecule has 0 aliphatic heterocycles. The van der Waals surface area contributed by atoms with Gasteiger partial charge >= 0.3 is 5.97 Å². The van der Waals surface area contributed by atoms with Crippen LogP contribution in [-0.4, -0.2) is 33.4 Å². The number of hydrogen-bond donors (Lipinski definition) is 1. The molecule has 0 bridgehead atoms. The normalized spacial score (nSPS) is 11.2. The quantitative estimate of drug-likeness (QED) is 0.385.